The highest BCUT2D eigenvalue weighted by molar-refractivity contribution is 6.31. The van der Waals surface area contributed by atoms with E-state index < -0.39 is 0 Å². The summed E-state index contributed by atoms with van der Waals surface area (Å²) in [7, 11) is 0. The number of halogens is 1. The molecule has 1 aliphatic rings. The smallest absolute Gasteiger partial charge is 0.321 e. The third kappa shape index (κ3) is 3.44. The van der Waals surface area contributed by atoms with E-state index in [1.165, 1.54) is 0 Å². The third-order valence-corrected chi connectivity index (χ3v) is 4.43. The maximum atomic E-state index is 12.2. The van der Waals surface area contributed by atoms with Gasteiger partial charge in [-0.2, -0.15) is 0 Å². The van der Waals surface area contributed by atoms with E-state index in [1.807, 2.05) is 26.0 Å². The fraction of sp³-hybridized carbons (Fsp3) is 0.533. The molecule has 2 N–H and O–H groups in total. The molecule has 0 spiro atoms. The molecule has 20 heavy (non-hydrogen) atoms. The first-order valence-electron chi connectivity index (χ1n) is 6.98. The largest absolute Gasteiger partial charge is 0.393 e. The van der Waals surface area contributed by atoms with Gasteiger partial charge in [-0.05, 0) is 50.3 Å². The zero-order valence-electron chi connectivity index (χ0n) is 11.9. The molecule has 0 aromatic heterocycles. The van der Waals surface area contributed by atoms with Gasteiger partial charge < -0.3 is 15.3 Å². The molecule has 1 heterocycles. The molecule has 110 valence electrons. The van der Waals surface area contributed by atoms with E-state index in [0.29, 0.717) is 24.0 Å². The number of aliphatic hydroxyl groups is 1. The predicted molar refractivity (Wildman–Crippen MR) is 81.2 cm³/mol. The molecule has 1 fully saturated rings. The molecule has 1 aromatic carbocycles. The number of hydrogen-bond donors (Lipinski definition) is 2. The molecular weight excluding hydrogens is 276 g/mol. The second kappa shape index (κ2) is 6.46. The predicted octanol–water partition coefficient (Wildman–Crippen LogP) is 3.27. The fourth-order valence-corrected chi connectivity index (χ4v) is 2.70. The van der Waals surface area contributed by atoms with Crippen LogP contribution in [0.25, 0.3) is 0 Å². The van der Waals surface area contributed by atoms with Crippen LogP contribution in [0.4, 0.5) is 10.5 Å². The first-order chi connectivity index (χ1) is 9.49. The van der Waals surface area contributed by atoms with Crippen molar-refractivity contribution in [3.8, 4) is 0 Å². The van der Waals surface area contributed by atoms with Gasteiger partial charge in [-0.1, -0.05) is 17.7 Å². The Hall–Kier alpha value is -1.26. The van der Waals surface area contributed by atoms with Crippen LogP contribution in [-0.2, 0) is 0 Å². The summed E-state index contributed by atoms with van der Waals surface area (Å²) >= 11 is 6.04. The number of rotatable bonds is 2. The molecule has 1 aliphatic heterocycles. The lowest BCUT2D eigenvalue weighted by Gasteiger charge is -2.33. The van der Waals surface area contributed by atoms with Gasteiger partial charge in [0.15, 0.2) is 0 Å². The highest BCUT2D eigenvalue weighted by Gasteiger charge is 2.25. The number of nitrogens with one attached hydrogen (secondary N) is 1. The van der Waals surface area contributed by atoms with Gasteiger partial charge in [-0.3, -0.25) is 0 Å². The number of carbonyl (C=O) groups excluding carboxylic acids is 1. The summed E-state index contributed by atoms with van der Waals surface area (Å²) in [6, 6.07) is 5.38. The number of piperidine rings is 1. The van der Waals surface area contributed by atoms with Crippen LogP contribution >= 0.6 is 11.6 Å². The van der Waals surface area contributed by atoms with Crippen LogP contribution < -0.4 is 5.32 Å². The first kappa shape index (κ1) is 15.1. The van der Waals surface area contributed by atoms with Crippen LogP contribution in [0, 0.1) is 12.8 Å². The minimum absolute atomic E-state index is 0.0978. The van der Waals surface area contributed by atoms with Crippen molar-refractivity contribution in [3.05, 3.63) is 28.8 Å². The normalized spacial score (nSPS) is 17.9. The highest BCUT2D eigenvalue weighted by Crippen LogP contribution is 2.25. The summed E-state index contributed by atoms with van der Waals surface area (Å²) in [5.41, 5.74) is 1.63. The van der Waals surface area contributed by atoms with Crippen LogP contribution in [0.15, 0.2) is 18.2 Å². The number of anilines is 1. The van der Waals surface area contributed by atoms with Crippen molar-refractivity contribution in [1.82, 2.24) is 4.90 Å². The monoisotopic (exact) mass is 296 g/mol. The molecule has 2 rings (SSSR count). The number of likely N-dealkylation sites (tertiary alicyclic amines) is 1. The van der Waals surface area contributed by atoms with E-state index in [2.05, 4.69) is 5.32 Å². The van der Waals surface area contributed by atoms with Crippen molar-refractivity contribution in [3.63, 3.8) is 0 Å². The lowest BCUT2D eigenvalue weighted by Crippen LogP contribution is -2.42. The standard InChI is InChI=1S/C15H21ClN2O2/c1-10-13(16)4-3-5-14(10)17-15(20)18-8-6-12(7-9-18)11(2)19/h3-5,11-12,19H,6-9H2,1-2H3,(H,17,20). The zero-order chi connectivity index (χ0) is 14.7. The van der Waals surface area contributed by atoms with Crippen LogP contribution in [0.5, 0.6) is 0 Å². The van der Waals surface area contributed by atoms with E-state index in [9.17, 15) is 9.90 Å². The Balaban J connectivity index is 1.95. The first-order valence-corrected chi connectivity index (χ1v) is 7.36. The van der Waals surface area contributed by atoms with Crippen molar-refractivity contribution in [2.75, 3.05) is 18.4 Å². The number of carbonyl (C=O) groups is 1. The van der Waals surface area contributed by atoms with Gasteiger partial charge in [0.05, 0.1) is 6.10 Å². The average Bonchev–Trinajstić information content (AvgIpc) is 2.44. The topological polar surface area (TPSA) is 52.6 Å². The quantitative estimate of drug-likeness (QED) is 0.880. The Labute approximate surface area is 124 Å². The number of aliphatic hydroxyl groups excluding tert-OH is 1. The maximum absolute atomic E-state index is 12.2. The van der Waals surface area contributed by atoms with Crippen molar-refractivity contribution >= 4 is 23.3 Å². The second-order valence-electron chi connectivity index (χ2n) is 5.41. The molecule has 1 saturated heterocycles. The van der Waals surface area contributed by atoms with E-state index in [1.54, 1.807) is 11.0 Å². The van der Waals surface area contributed by atoms with Crippen molar-refractivity contribution in [1.29, 1.82) is 0 Å². The van der Waals surface area contributed by atoms with Crippen molar-refractivity contribution in [2.24, 2.45) is 5.92 Å². The molecule has 0 aliphatic carbocycles. The van der Waals surface area contributed by atoms with E-state index in [4.69, 9.17) is 11.6 Å². The van der Waals surface area contributed by atoms with Crippen LogP contribution in [0.2, 0.25) is 5.02 Å². The van der Waals surface area contributed by atoms with Gasteiger partial charge in [-0.15, -0.1) is 0 Å². The molecule has 4 nitrogen and oxygen atoms in total. The van der Waals surface area contributed by atoms with Gasteiger partial charge in [-0.25, -0.2) is 4.79 Å². The zero-order valence-corrected chi connectivity index (χ0v) is 12.7. The summed E-state index contributed by atoms with van der Waals surface area (Å²) in [5, 5.41) is 13.1. The lowest BCUT2D eigenvalue weighted by atomic mass is 9.92. The molecule has 2 amide bonds. The Morgan fingerprint density at radius 1 is 1.45 bits per heavy atom. The van der Waals surface area contributed by atoms with Gasteiger partial charge in [0.2, 0.25) is 0 Å². The Morgan fingerprint density at radius 3 is 2.70 bits per heavy atom. The number of amides is 2. The molecule has 0 bridgehead atoms. The summed E-state index contributed by atoms with van der Waals surface area (Å²) in [5.74, 6) is 0.298. The molecule has 5 heteroatoms. The Bertz CT molecular complexity index is 483. The lowest BCUT2D eigenvalue weighted by molar-refractivity contribution is 0.0820. The fourth-order valence-electron chi connectivity index (χ4n) is 2.52. The highest BCUT2D eigenvalue weighted by atomic mass is 35.5. The number of benzene rings is 1. The van der Waals surface area contributed by atoms with Crippen LogP contribution in [0.1, 0.15) is 25.3 Å². The van der Waals surface area contributed by atoms with Gasteiger partial charge in [0, 0.05) is 23.8 Å². The van der Waals surface area contributed by atoms with Crippen molar-refractivity contribution in [2.45, 2.75) is 32.8 Å². The molecule has 1 aromatic rings. The van der Waals surface area contributed by atoms with Gasteiger partial charge in [0.25, 0.3) is 0 Å². The van der Waals surface area contributed by atoms with E-state index >= 15 is 0 Å². The summed E-state index contributed by atoms with van der Waals surface area (Å²) in [6.45, 7) is 5.06. The van der Waals surface area contributed by atoms with Crippen LogP contribution in [0.3, 0.4) is 0 Å². The molecule has 1 atom stereocenters. The molecule has 1 unspecified atom stereocenters. The van der Waals surface area contributed by atoms with Crippen molar-refractivity contribution < 1.29 is 9.90 Å². The van der Waals surface area contributed by atoms with E-state index in [-0.39, 0.29) is 12.1 Å². The minimum atomic E-state index is -0.296. The summed E-state index contributed by atoms with van der Waals surface area (Å²) in [6.07, 6.45) is 1.40. The van der Waals surface area contributed by atoms with Crippen LogP contribution in [-0.4, -0.2) is 35.2 Å². The summed E-state index contributed by atoms with van der Waals surface area (Å²) < 4.78 is 0. The number of nitrogens with zero attached hydrogens (tertiary/aromatic N) is 1. The Morgan fingerprint density at radius 2 is 2.10 bits per heavy atom. The van der Waals surface area contributed by atoms with Gasteiger partial charge >= 0.3 is 6.03 Å². The third-order valence-electron chi connectivity index (χ3n) is 4.02. The van der Waals surface area contributed by atoms with Gasteiger partial charge in [0.1, 0.15) is 0 Å². The average molecular weight is 297 g/mol. The molecular formula is C15H21ClN2O2. The summed E-state index contributed by atoms with van der Waals surface area (Å²) in [4.78, 5) is 14.0. The Kier molecular flexibility index (Phi) is 4.89. The number of urea groups is 1. The SMILES string of the molecule is Cc1c(Cl)cccc1NC(=O)N1CCC(C(C)O)CC1. The second-order valence-corrected chi connectivity index (χ2v) is 5.81. The van der Waals surface area contributed by atoms with E-state index in [0.717, 1.165) is 24.1 Å². The maximum Gasteiger partial charge on any atom is 0.321 e. The molecule has 0 saturated carbocycles. The molecule has 0 radical (unpaired) electrons. The number of hydrogen-bond acceptors (Lipinski definition) is 2. The minimum Gasteiger partial charge on any atom is -0.393 e.